The van der Waals surface area contributed by atoms with Gasteiger partial charge in [-0.25, -0.2) is 0 Å². The van der Waals surface area contributed by atoms with Crippen molar-refractivity contribution in [3.05, 3.63) is 0 Å². The van der Waals surface area contributed by atoms with Crippen LogP contribution in [-0.2, 0) is 4.79 Å². The average molecular weight is 249 g/mol. The molecule has 0 radical (unpaired) electrons. The first-order valence-electron chi connectivity index (χ1n) is 2.04. The fourth-order valence-electron chi connectivity index (χ4n) is 0.202. The molecule has 2 nitrogen and oxygen atoms in total. The van der Waals surface area contributed by atoms with Gasteiger partial charge in [0.1, 0.15) is 0 Å². The zero-order valence-corrected chi connectivity index (χ0v) is 6.91. The van der Waals surface area contributed by atoms with E-state index in [9.17, 15) is 13.6 Å². The Morgan fingerprint density at radius 1 is 1.78 bits per heavy atom. The minimum absolute atomic E-state index is 1.18. The SMILES string of the molecule is C=IC(F)(F)C(=O)NC. The molecule has 5 heteroatoms. The number of hydrogen-bond donors (Lipinski definition) is 1. The summed E-state index contributed by atoms with van der Waals surface area (Å²) in [6, 6.07) is 0. The fraction of sp³-hybridized carbons (Fsp3) is 0.500. The maximum atomic E-state index is 12.1. The molecular weight excluding hydrogens is 243 g/mol. The van der Waals surface area contributed by atoms with Crippen molar-refractivity contribution in [2.45, 2.75) is 3.93 Å². The van der Waals surface area contributed by atoms with E-state index in [1.165, 1.54) is 7.05 Å². The van der Waals surface area contributed by atoms with Gasteiger partial charge in [0, 0.05) is 7.05 Å². The number of amides is 1. The Kier molecular flexibility index (Phi) is 3.16. The average Bonchev–Trinajstić information content (AvgIpc) is 1.86. The zero-order chi connectivity index (χ0) is 7.49. The van der Waals surface area contributed by atoms with E-state index in [1.54, 1.807) is 0 Å². The molecule has 0 saturated carbocycles. The van der Waals surface area contributed by atoms with E-state index < -0.39 is 30.6 Å². The Balaban J connectivity index is 4.14. The summed E-state index contributed by atoms with van der Waals surface area (Å²) >= 11 is -1.58. The van der Waals surface area contributed by atoms with Gasteiger partial charge in [0.2, 0.25) is 0 Å². The molecule has 0 fully saturated rings. The van der Waals surface area contributed by atoms with Crippen LogP contribution in [0.4, 0.5) is 8.78 Å². The molecule has 0 rings (SSSR count). The molecule has 0 atom stereocenters. The standard InChI is InChI=1S/C4H6F2INO/c1-7-4(5,6)3(9)8-2/h1H2,2H3,(H,8,9). The second-order valence-corrected chi connectivity index (χ2v) is 3.33. The molecule has 0 aromatic carbocycles. The van der Waals surface area contributed by atoms with Gasteiger partial charge in [-0.1, -0.05) is 4.51 Å². The van der Waals surface area contributed by atoms with Crippen molar-refractivity contribution in [2.24, 2.45) is 0 Å². The maximum Gasteiger partial charge on any atom is 0.367 e. The van der Waals surface area contributed by atoms with Crippen molar-refractivity contribution in [2.75, 3.05) is 7.05 Å². The van der Waals surface area contributed by atoms with Crippen molar-refractivity contribution < 1.29 is 13.6 Å². The Morgan fingerprint density at radius 2 is 2.22 bits per heavy atom. The summed E-state index contributed by atoms with van der Waals surface area (Å²) in [4.78, 5) is 10.2. The van der Waals surface area contributed by atoms with Crippen LogP contribution in [0.3, 0.4) is 0 Å². The molecule has 0 saturated heterocycles. The Hall–Kier alpha value is -0.0700. The summed E-state index contributed by atoms with van der Waals surface area (Å²) in [6.45, 7) is 0. The summed E-state index contributed by atoms with van der Waals surface area (Å²) in [7, 11) is 1.18. The Morgan fingerprint density at radius 3 is 2.33 bits per heavy atom. The largest absolute Gasteiger partial charge is 0.367 e. The predicted molar refractivity (Wildman–Crippen MR) is 40.2 cm³/mol. The molecule has 0 aliphatic rings. The highest BCUT2D eigenvalue weighted by Crippen LogP contribution is 2.26. The highest BCUT2D eigenvalue weighted by Gasteiger charge is 2.34. The number of carbonyl (C=O) groups excluding carboxylic acids is 1. The van der Waals surface area contributed by atoms with Crippen molar-refractivity contribution in [1.82, 2.24) is 5.32 Å². The molecule has 1 amide bonds. The predicted octanol–water partition coefficient (Wildman–Crippen LogP) is 0.728. The lowest BCUT2D eigenvalue weighted by Crippen LogP contribution is -2.33. The number of hydrogen-bond acceptors (Lipinski definition) is 1. The lowest BCUT2D eigenvalue weighted by molar-refractivity contribution is -0.132. The van der Waals surface area contributed by atoms with Crippen molar-refractivity contribution in [3.63, 3.8) is 0 Å². The summed E-state index contributed by atoms with van der Waals surface area (Å²) in [5, 5.41) is 1.85. The summed E-state index contributed by atoms with van der Waals surface area (Å²) < 4.78 is 24.1. The van der Waals surface area contributed by atoms with Crippen LogP contribution in [-0.4, -0.2) is 21.4 Å². The minimum Gasteiger partial charge on any atom is -0.353 e. The topological polar surface area (TPSA) is 29.1 Å². The van der Waals surface area contributed by atoms with Crippen LogP contribution < -0.4 is 5.32 Å². The second-order valence-electron chi connectivity index (χ2n) is 1.21. The molecule has 0 aromatic heterocycles. The first-order chi connectivity index (χ1) is 4.04. The van der Waals surface area contributed by atoms with E-state index in [0.29, 0.717) is 0 Å². The second kappa shape index (κ2) is 3.19. The summed E-state index contributed by atoms with van der Waals surface area (Å²) in [5.41, 5.74) is 0. The van der Waals surface area contributed by atoms with Crippen LogP contribution in [0.25, 0.3) is 0 Å². The van der Waals surface area contributed by atoms with Gasteiger partial charge in [0.05, 0.1) is 0 Å². The van der Waals surface area contributed by atoms with E-state index in [0.717, 1.165) is 0 Å². The minimum atomic E-state index is -3.20. The lowest BCUT2D eigenvalue weighted by atomic mass is 10.6. The van der Waals surface area contributed by atoms with E-state index in [4.69, 9.17) is 0 Å². The van der Waals surface area contributed by atoms with Gasteiger partial charge in [0.15, 0.2) is 0 Å². The molecule has 0 heterocycles. The zero-order valence-electron chi connectivity index (χ0n) is 4.75. The van der Waals surface area contributed by atoms with Gasteiger partial charge >= 0.3 is 3.93 Å². The quantitative estimate of drug-likeness (QED) is 0.567. The molecule has 0 spiro atoms. The maximum absolute atomic E-state index is 12.1. The van der Waals surface area contributed by atoms with Crippen LogP contribution >= 0.6 is 20.7 Å². The normalized spacial score (nSPS) is 11.0. The van der Waals surface area contributed by atoms with Crippen LogP contribution in [0.2, 0.25) is 0 Å². The van der Waals surface area contributed by atoms with E-state index in [1.807, 2.05) is 5.32 Å². The van der Waals surface area contributed by atoms with Gasteiger partial charge in [-0.15, -0.1) is 0 Å². The van der Waals surface area contributed by atoms with Crippen LogP contribution in [0.5, 0.6) is 0 Å². The third-order valence-electron chi connectivity index (χ3n) is 0.652. The van der Waals surface area contributed by atoms with Gasteiger partial charge in [-0.05, 0) is 20.7 Å². The van der Waals surface area contributed by atoms with E-state index in [2.05, 4.69) is 4.51 Å². The van der Waals surface area contributed by atoms with E-state index >= 15 is 0 Å². The molecule has 1 N–H and O–H groups in total. The number of halogens is 3. The van der Waals surface area contributed by atoms with Gasteiger partial charge in [-0.3, -0.25) is 4.79 Å². The molecule has 54 valence electrons. The molecule has 9 heavy (non-hydrogen) atoms. The van der Waals surface area contributed by atoms with Crippen LogP contribution in [0.1, 0.15) is 0 Å². The first kappa shape index (κ1) is 8.93. The first-order valence-corrected chi connectivity index (χ1v) is 4.64. The smallest absolute Gasteiger partial charge is 0.353 e. The van der Waals surface area contributed by atoms with Crippen molar-refractivity contribution in [1.29, 1.82) is 0 Å². The van der Waals surface area contributed by atoms with Crippen LogP contribution in [0, 0.1) is 0 Å². The van der Waals surface area contributed by atoms with Crippen molar-refractivity contribution >= 4 is 31.2 Å². The highest BCUT2D eigenvalue weighted by atomic mass is 127. The van der Waals surface area contributed by atoms with Gasteiger partial charge in [0.25, 0.3) is 5.91 Å². The fourth-order valence-corrected chi connectivity index (χ4v) is 0.819. The monoisotopic (exact) mass is 249 g/mol. The lowest BCUT2D eigenvalue weighted by Gasteiger charge is -2.06. The van der Waals surface area contributed by atoms with E-state index in [-0.39, 0.29) is 0 Å². The molecule has 0 unspecified atom stereocenters. The van der Waals surface area contributed by atoms with Gasteiger partial charge < -0.3 is 5.32 Å². The van der Waals surface area contributed by atoms with Crippen molar-refractivity contribution in [3.8, 4) is 0 Å². The molecule has 0 aliphatic heterocycles. The number of rotatable bonds is 2. The molecule has 0 aliphatic carbocycles. The number of nitrogens with one attached hydrogen (secondary N) is 1. The Bertz CT molecular complexity index is 137. The van der Waals surface area contributed by atoms with Crippen LogP contribution in [0.15, 0.2) is 0 Å². The summed E-state index contributed by atoms with van der Waals surface area (Å²) in [6.07, 6.45) is 0. The third-order valence-corrected chi connectivity index (χ3v) is 2.10. The number of carbonyl (C=O) groups is 1. The Labute approximate surface area is 61.4 Å². The molecule has 0 bridgehead atoms. The summed E-state index contributed by atoms with van der Waals surface area (Å²) in [5.74, 6) is -1.23. The molecule has 0 aromatic rings. The highest BCUT2D eigenvalue weighted by molar-refractivity contribution is 14.2. The van der Waals surface area contributed by atoms with Gasteiger partial charge in [-0.2, -0.15) is 8.78 Å². The molecular formula is C4H6F2INO. The number of alkyl halides is 3. The third kappa shape index (κ3) is 2.33.